The van der Waals surface area contributed by atoms with Crippen LogP contribution in [0.1, 0.15) is 30.3 Å². The van der Waals surface area contributed by atoms with Gasteiger partial charge in [-0.05, 0) is 35.7 Å². The van der Waals surface area contributed by atoms with Crippen molar-refractivity contribution in [2.24, 2.45) is 5.73 Å². The van der Waals surface area contributed by atoms with Crippen molar-refractivity contribution < 1.29 is 0 Å². The van der Waals surface area contributed by atoms with E-state index in [1.54, 1.807) is 0 Å². The molecule has 2 rings (SSSR count). The molecule has 0 unspecified atom stereocenters. The lowest BCUT2D eigenvalue weighted by molar-refractivity contribution is 0.612. The van der Waals surface area contributed by atoms with Crippen LogP contribution < -0.4 is 5.73 Å². The predicted molar refractivity (Wildman–Crippen MR) is 50.8 cm³/mol. The monoisotopic (exact) mass is 229 g/mol. The molecule has 0 bridgehead atoms. The molecule has 66 valence electrons. The van der Waals surface area contributed by atoms with Crippen LogP contribution in [0.15, 0.2) is 4.47 Å². The van der Waals surface area contributed by atoms with Crippen molar-refractivity contribution in [3.05, 3.63) is 15.9 Å². The van der Waals surface area contributed by atoms with Gasteiger partial charge in [0.1, 0.15) is 0 Å². The maximum atomic E-state index is 5.55. The molecule has 0 spiro atoms. The van der Waals surface area contributed by atoms with Gasteiger partial charge >= 0.3 is 0 Å². The van der Waals surface area contributed by atoms with Crippen molar-refractivity contribution >= 4 is 15.9 Å². The Balaban J connectivity index is 2.41. The van der Waals surface area contributed by atoms with Gasteiger partial charge in [0.15, 0.2) is 0 Å². The summed E-state index contributed by atoms with van der Waals surface area (Å²) in [6.45, 7) is 2.59. The Morgan fingerprint density at radius 1 is 1.67 bits per heavy atom. The molecule has 2 N–H and O–H groups in total. The highest BCUT2D eigenvalue weighted by atomic mass is 79.9. The Morgan fingerprint density at radius 2 is 2.33 bits per heavy atom. The molecule has 1 fully saturated rings. The van der Waals surface area contributed by atoms with Crippen LogP contribution in [0.5, 0.6) is 0 Å². The van der Waals surface area contributed by atoms with Crippen molar-refractivity contribution in [3.63, 3.8) is 0 Å². The molecule has 0 aromatic carbocycles. The molecule has 1 aromatic heterocycles. The summed E-state index contributed by atoms with van der Waals surface area (Å²) in [4.78, 5) is 0. The van der Waals surface area contributed by atoms with Crippen LogP contribution in [0.4, 0.5) is 0 Å². The van der Waals surface area contributed by atoms with Crippen LogP contribution in [-0.4, -0.2) is 9.78 Å². The third-order valence-corrected chi connectivity index (χ3v) is 3.26. The number of aromatic nitrogens is 2. The number of hydrogen-bond acceptors (Lipinski definition) is 2. The number of nitrogens with two attached hydrogens (primary N) is 1. The van der Waals surface area contributed by atoms with Crippen LogP contribution in [0.25, 0.3) is 0 Å². The van der Waals surface area contributed by atoms with Gasteiger partial charge in [0, 0.05) is 6.54 Å². The minimum atomic E-state index is 0.515. The minimum Gasteiger partial charge on any atom is -0.325 e. The van der Waals surface area contributed by atoms with Crippen molar-refractivity contribution in [1.82, 2.24) is 9.78 Å². The Bertz CT molecular complexity index is 301. The van der Waals surface area contributed by atoms with Gasteiger partial charge in [-0.1, -0.05) is 0 Å². The number of halogens is 1. The molecule has 0 aliphatic heterocycles. The Labute approximate surface area is 80.1 Å². The molecular formula is C8H12BrN3. The van der Waals surface area contributed by atoms with E-state index < -0.39 is 0 Å². The number of rotatable bonds is 2. The molecule has 1 heterocycles. The summed E-state index contributed by atoms with van der Waals surface area (Å²) in [5.74, 6) is 0. The zero-order valence-corrected chi connectivity index (χ0v) is 8.63. The first kappa shape index (κ1) is 8.26. The van der Waals surface area contributed by atoms with Crippen LogP contribution in [0, 0.1) is 6.92 Å². The molecule has 1 aliphatic rings. The molecule has 0 saturated heterocycles. The molecular weight excluding hydrogens is 218 g/mol. The van der Waals surface area contributed by atoms with Gasteiger partial charge < -0.3 is 5.73 Å². The normalized spacial score (nSPS) is 16.9. The fourth-order valence-corrected chi connectivity index (χ4v) is 1.79. The first-order chi connectivity index (χ1) is 5.74. The third-order valence-electron chi connectivity index (χ3n) is 2.23. The van der Waals surface area contributed by atoms with Gasteiger partial charge in [0.25, 0.3) is 0 Å². The molecule has 12 heavy (non-hydrogen) atoms. The average molecular weight is 230 g/mol. The molecule has 1 aromatic rings. The fraction of sp³-hybridized carbons (Fsp3) is 0.625. The SMILES string of the molecule is Cc1c(Br)c(CN)nn1C1CC1. The van der Waals surface area contributed by atoms with E-state index in [0.717, 1.165) is 10.2 Å². The largest absolute Gasteiger partial charge is 0.325 e. The smallest absolute Gasteiger partial charge is 0.0905 e. The highest BCUT2D eigenvalue weighted by molar-refractivity contribution is 9.10. The topological polar surface area (TPSA) is 43.8 Å². The first-order valence-corrected chi connectivity index (χ1v) is 4.97. The molecule has 0 amide bonds. The van der Waals surface area contributed by atoms with E-state index in [0.29, 0.717) is 12.6 Å². The summed E-state index contributed by atoms with van der Waals surface area (Å²) < 4.78 is 3.17. The van der Waals surface area contributed by atoms with Crippen LogP contribution in [0.2, 0.25) is 0 Å². The second-order valence-electron chi connectivity index (χ2n) is 3.23. The third kappa shape index (κ3) is 1.19. The Hall–Kier alpha value is -0.350. The number of nitrogens with zero attached hydrogens (tertiary/aromatic N) is 2. The zero-order valence-electron chi connectivity index (χ0n) is 7.05. The predicted octanol–water partition coefficient (Wildman–Crippen LogP) is 1.75. The van der Waals surface area contributed by atoms with Gasteiger partial charge in [-0.25, -0.2) is 0 Å². The summed E-state index contributed by atoms with van der Waals surface area (Å²) in [6.07, 6.45) is 2.53. The second-order valence-corrected chi connectivity index (χ2v) is 4.02. The number of hydrogen-bond donors (Lipinski definition) is 1. The molecule has 0 radical (unpaired) electrons. The average Bonchev–Trinajstić information content (AvgIpc) is 2.84. The molecule has 1 aliphatic carbocycles. The van der Waals surface area contributed by atoms with Gasteiger partial charge in [0.05, 0.1) is 21.9 Å². The van der Waals surface area contributed by atoms with Crippen molar-refractivity contribution in [1.29, 1.82) is 0 Å². The van der Waals surface area contributed by atoms with Crippen LogP contribution >= 0.6 is 15.9 Å². The Kier molecular flexibility index (Phi) is 1.96. The van der Waals surface area contributed by atoms with Gasteiger partial charge in [-0.15, -0.1) is 0 Å². The maximum Gasteiger partial charge on any atom is 0.0905 e. The molecule has 1 saturated carbocycles. The van der Waals surface area contributed by atoms with E-state index in [4.69, 9.17) is 5.73 Å². The second kappa shape index (κ2) is 2.85. The lowest BCUT2D eigenvalue weighted by atomic mass is 10.4. The van der Waals surface area contributed by atoms with E-state index in [1.807, 2.05) is 0 Å². The summed E-state index contributed by atoms with van der Waals surface area (Å²) in [7, 11) is 0. The van der Waals surface area contributed by atoms with Gasteiger partial charge in [-0.2, -0.15) is 5.10 Å². The molecule has 0 atom stereocenters. The molecule has 4 heteroatoms. The lowest BCUT2D eigenvalue weighted by Gasteiger charge is -1.98. The van der Waals surface area contributed by atoms with E-state index in [9.17, 15) is 0 Å². The first-order valence-electron chi connectivity index (χ1n) is 4.17. The quantitative estimate of drug-likeness (QED) is 0.840. The minimum absolute atomic E-state index is 0.515. The van der Waals surface area contributed by atoms with Crippen LogP contribution in [-0.2, 0) is 6.54 Å². The van der Waals surface area contributed by atoms with E-state index >= 15 is 0 Å². The molecule has 3 nitrogen and oxygen atoms in total. The van der Waals surface area contributed by atoms with Gasteiger partial charge in [0.2, 0.25) is 0 Å². The fourth-order valence-electron chi connectivity index (χ4n) is 1.36. The highest BCUT2D eigenvalue weighted by Crippen LogP contribution is 2.37. The Morgan fingerprint density at radius 3 is 2.75 bits per heavy atom. The summed E-state index contributed by atoms with van der Waals surface area (Å²) in [5, 5.41) is 4.43. The standard InChI is InChI=1S/C8H12BrN3/c1-5-8(9)7(4-10)11-12(5)6-2-3-6/h6H,2-4,10H2,1H3. The summed E-state index contributed by atoms with van der Waals surface area (Å²) in [6, 6.07) is 0.640. The van der Waals surface area contributed by atoms with Gasteiger partial charge in [-0.3, -0.25) is 4.68 Å². The lowest BCUT2D eigenvalue weighted by Crippen LogP contribution is -2.01. The van der Waals surface area contributed by atoms with E-state index in [-0.39, 0.29) is 0 Å². The van der Waals surface area contributed by atoms with E-state index in [2.05, 4.69) is 32.6 Å². The van der Waals surface area contributed by atoms with Crippen molar-refractivity contribution in [2.75, 3.05) is 0 Å². The summed E-state index contributed by atoms with van der Waals surface area (Å²) in [5.41, 5.74) is 7.73. The zero-order chi connectivity index (χ0) is 8.72. The van der Waals surface area contributed by atoms with E-state index in [1.165, 1.54) is 18.5 Å². The van der Waals surface area contributed by atoms with Crippen molar-refractivity contribution in [2.45, 2.75) is 32.4 Å². The summed E-state index contributed by atoms with van der Waals surface area (Å²) >= 11 is 3.49. The maximum absolute atomic E-state index is 5.55. The van der Waals surface area contributed by atoms with Crippen molar-refractivity contribution in [3.8, 4) is 0 Å². The highest BCUT2D eigenvalue weighted by Gasteiger charge is 2.27. The van der Waals surface area contributed by atoms with Crippen LogP contribution in [0.3, 0.4) is 0 Å².